The molecule has 5 aromatic rings. The van der Waals surface area contributed by atoms with Crippen LogP contribution in [0.3, 0.4) is 0 Å². The summed E-state index contributed by atoms with van der Waals surface area (Å²) in [6, 6.07) is 41.4. The van der Waals surface area contributed by atoms with Crippen LogP contribution in [0.1, 0.15) is 5.56 Å². The summed E-state index contributed by atoms with van der Waals surface area (Å²) < 4.78 is 0. The molecule has 29 heavy (non-hydrogen) atoms. The first-order valence-electron chi connectivity index (χ1n) is 10.0. The van der Waals surface area contributed by atoms with E-state index in [4.69, 9.17) is 0 Å². The predicted molar refractivity (Wildman–Crippen MR) is 125 cm³/mol. The number of hydrogen-bond acceptors (Lipinski definition) is 0. The molecule has 0 unspecified atom stereocenters. The van der Waals surface area contributed by atoms with Gasteiger partial charge < -0.3 is 0 Å². The van der Waals surface area contributed by atoms with Gasteiger partial charge in [0.05, 0.1) is 0 Å². The molecule has 0 bridgehead atoms. The molecule has 0 amide bonds. The molecule has 0 heterocycles. The third kappa shape index (κ3) is 3.34. The van der Waals surface area contributed by atoms with Gasteiger partial charge in [-0.2, -0.15) is 0 Å². The number of aryl methyl sites for hydroxylation is 1. The van der Waals surface area contributed by atoms with E-state index in [1.54, 1.807) is 0 Å². The zero-order valence-corrected chi connectivity index (χ0v) is 16.5. The van der Waals surface area contributed by atoms with Crippen LogP contribution in [-0.2, 0) is 0 Å². The number of rotatable bonds is 3. The topological polar surface area (TPSA) is 0 Å². The molecule has 0 aliphatic rings. The van der Waals surface area contributed by atoms with Gasteiger partial charge in [0.2, 0.25) is 0 Å². The Labute approximate surface area is 172 Å². The van der Waals surface area contributed by atoms with Gasteiger partial charge >= 0.3 is 0 Å². The molecular formula is C29H22. The van der Waals surface area contributed by atoms with Crippen molar-refractivity contribution in [3.05, 3.63) is 121 Å². The Bertz CT molecular complexity index is 1300. The summed E-state index contributed by atoms with van der Waals surface area (Å²) in [4.78, 5) is 0. The zero-order valence-electron chi connectivity index (χ0n) is 16.5. The maximum Gasteiger partial charge on any atom is -0.0105 e. The van der Waals surface area contributed by atoms with Crippen molar-refractivity contribution in [3.63, 3.8) is 0 Å². The Morgan fingerprint density at radius 2 is 1.07 bits per heavy atom. The summed E-state index contributed by atoms with van der Waals surface area (Å²) in [6.07, 6.45) is 0. The summed E-state index contributed by atoms with van der Waals surface area (Å²) in [5.74, 6) is 0. The highest BCUT2D eigenvalue weighted by molar-refractivity contribution is 5.99. The standard InChI is InChI=1S/C29H22/c1-21-9-5-6-15-27(21)26-17-18-29-25(20-26)14-8-16-28(29)24-13-7-12-23(19-24)22-10-3-2-4-11-22/h2-20H,1H3. The molecule has 5 aromatic carbocycles. The third-order valence-corrected chi connectivity index (χ3v) is 5.62. The van der Waals surface area contributed by atoms with Crippen molar-refractivity contribution in [1.82, 2.24) is 0 Å². The predicted octanol–water partition coefficient (Wildman–Crippen LogP) is 8.15. The van der Waals surface area contributed by atoms with Crippen LogP contribution in [0.5, 0.6) is 0 Å². The molecule has 0 fully saturated rings. The molecule has 138 valence electrons. The molecular weight excluding hydrogens is 348 g/mol. The van der Waals surface area contributed by atoms with Crippen LogP contribution < -0.4 is 0 Å². The van der Waals surface area contributed by atoms with E-state index in [0.717, 1.165) is 0 Å². The van der Waals surface area contributed by atoms with Crippen molar-refractivity contribution in [3.8, 4) is 33.4 Å². The second-order valence-corrected chi connectivity index (χ2v) is 7.50. The highest BCUT2D eigenvalue weighted by Gasteiger charge is 2.08. The Morgan fingerprint density at radius 3 is 1.93 bits per heavy atom. The molecule has 0 atom stereocenters. The molecule has 0 aromatic heterocycles. The summed E-state index contributed by atoms with van der Waals surface area (Å²) >= 11 is 0. The van der Waals surface area contributed by atoms with Crippen LogP contribution >= 0.6 is 0 Å². The van der Waals surface area contributed by atoms with Crippen LogP contribution in [0.2, 0.25) is 0 Å². The summed E-state index contributed by atoms with van der Waals surface area (Å²) in [5.41, 5.74) is 8.89. The van der Waals surface area contributed by atoms with Gasteiger partial charge in [0.25, 0.3) is 0 Å². The molecule has 0 aliphatic heterocycles. The Hall–Kier alpha value is -3.64. The second-order valence-electron chi connectivity index (χ2n) is 7.50. The first kappa shape index (κ1) is 17.5. The van der Waals surface area contributed by atoms with Gasteiger partial charge in [0.15, 0.2) is 0 Å². The molecule has 0 saturated heterocycles. The van der Waals surface area contributed by atoms with Crippen LogP contribution in [-0.4, -0.2) is 0 Å². The van der Waals surface area contributed by atoms with E-state index < -0.39 is 0 Å². The van der Waals surface area contributed by atoms with Crippen LogP contribution in [0.4, 0.5) is 0 Å². The average molecular weight is 370 g/mol. The lowest BCUT2D eigenvalue weighted by Gasteiger charge is -2.12. The lowest BCUT2D eigenvalue weighted by molar-refractivity contribution is 1.46. The van der Waals surface area contributed by atoms with Gasteiger partial charge in [-0.1, -0.05) is 103 Å². The molecule has 0 saturated carbocycles. The van der Waals surface area contributed by atoms with Crippen molar-refractivity contribution in [2.45, 2.75) is 6.92 Å². The summed E-state index contributed by atoms with van der Waals surface area (Å²) in [7, 11) is 0. The molecule has 0 spiro atoms. The van der Waals surface area contributed by atoms with E-state index in [-0.39, 0.29) is 0 Å². The molecule has 0 heteroatoms. The van der Waals surface area contributed by atoms with Gasteiger partial charge in [-0.3, -0.25) is 0 Å². The monoisotopic (exact) mass is 370 g/mol. The van der Waals surface area contributed by atoms with Gasteiger partial charge in [0.1, 0.15) is 0 Å². The SMILES string of the molecule is Cc1ccccc1-c1ccc2c(-c3cccc(-c4ccccc4)c3)cccc2c1. The smallest absolute Gasteiger partial charge is 0.0105 e. The van der Waals surface area contributed by atoms with E-state index in [9.17, 15) is 0 Å². The van der Waals surface area contributed by atoms with E-state index in [1.165, 1.54) is 49.7 Å². The van der Waals surface area contributed by atoms with E-state index >= 15 is 0 Å². The number of benzene rings is 5. The van der Waals surface area contributed by atoms with Crippen molar-refractivity contribution in [1.29, 1.82) is 0 Å². The van der Waals surface area contributed by atoms with Crippen molar-refractivity contribution >= 4 is 10.8 Å². The summed E-state index contributed by atoms with van der Waals surface area (Å²) in [5, 5.41) is 2.56. The fourth-order valence-electron chi connectivity index (χ4n) is 4.10. The normalized spacial score (nSPS) is 10.9. The van der Waals surface area contributed by atoms with Crippen molar-refractivity contribution in [2.75, 3.05) is 0 Å². The number of hydrogen-bond donors (Lipinski definition) is 0. The molecule has 0 aliphatic carbocycles. The fraction of sp³-hybridized carbons (Fsp3) is 0.0345. The average Bonchev–Trinajstić information content (AvgIpc) is 2.79. The minimum absolute atomic E-state index is 1.25. The van der Waals surface area contributed by atoms with E-state index in [1.807, 2.05) is 0 Å². The Morgan fingerprint density at radius 1 is 0.414 bits per heavy atom. The first-order valence-corrected chi connectivity index (χ1v) is 10.0. The second kappa shape index (κ2) is 7.41. The van der Waals surface area contributed by atoms with Gasteiger partial charge in [-0.05, 0) is 68.8 Å². The van der Waals surface area contributed by atoms with Crippen LogP contribution in [0.25, 0.3) is 44.2 Å². The lowest BCUT2D eigenvalue weighted by atomic mass is 9.93. The highest BCUT2D eigenvalue weighted by atomic mass is 14.1. The first-order chi connectivity index (χ1) is 14.3. The highest BCUT2D eigenvalue weighted by Crippen LogP contribution is 2.34. The molecule has 0 radical (unpaired) electrons. The minimum atomic E-state index is 1.25. The van der Waals surface area contributed by atoms with Gasteiger partial charge in [-0.25, -0.2) is 0 Å². The Kier molecular flexibility index (Phi) is 4.46. The van der Waals surface area contributed by atoms with Gasteiger partial charge in [-0.15, -0.1) is 0 Å². The quantitative estimate of drug-likeness (QED) is 0.300. The molecule has 0 N–H and O–H groups in total. The third-order valence-electron chi connectivity index (χ3n) is 5.62. The maximum atomic E-state index is 2.31. The number of fused-ring (bicyclic) bond motifs is 1. The largest absolute Gasteiger partial charge is 0.0622 e. The van der Waals surface area contributed by atoms with E-state index in [0.29, 0.717) is 0 Å². The van der Waals surface area contributed by atoms with Crippen molar-refractivity contribution < 1.29 is 0 Å². The lowest BCUT2D eigenvalue weighted by Crippen LogP contribution is -1.86. The summed E-state index contributed by atoms with van der Waals surface area (Å²) in [6.45, 7) is 2.17. The minimum Gasteiger partial charge on any atom is -0.0622 e. The maximum absolute atomic E-state index is 2.31. The molecule has 0 nitrogen and oxygen atoms in total. The fourth-order valence-corrected chi connectivity index (χ4v) is 4.10. The van der Waals surface area contributed by atoms with Gasteiger partial charge in [0, 0.05) is 0 Å². The zero-order chi connectivity index (χ0) is 19.6. The van der Waals surface area contributed by atoms with E-state index in [2.05, 4.69) is 122 Å². The van der Waals surface area contributed by atoms with Crippen LogP contribution in [0, 0.1) is 6.92 Å². The van der Waals surface area contributed by atoms with Crippen molar-refractivity contribution in [2.24, 2.45) is 0 Å². The Balaban J connectivity index is 1.63. The van der Waals surface area contributed by atoms with Crippen LogP contribution in [0.15, 0.2) is 115 Å². The molecule has 5 rings (SSSR count).